The van der Waals surface area contributed by atoms with Crippen LogP contribution in [0.2, 0.25) is 0 Å². The maximum absolute atomic E-state index is 13.0. The highest BCUT2D eigenvalue weighted by atomic mass is 32.2. The van der Waals surface area contributed by atoms with E-state index in [1.807, 2.05) is 44.2 Å². The van der Waals surface area contributed by atoms with Crippen LogP contribution in [-0.4, -0.2) is 36.2 Å². The first-order valence-corrected chi connectivity index (χ1v) is 12.6. The molecular weight excluding hydrogens is 430 g/mol. The van der Waals surface area contributed by atoms with E-state index in [1.54, 1.807) is 16.4 Å². The Hall–Kier alpha value is -2.55. The third-order valence-electron chi connectivity index (χ3n) is 5.53. The predicted octanol–water partition coefficient (Wildman–Crippen LogP) is 4.93. The molecular formula is C23H25N3O3S2. The molecule has 0 saturated carbocycles. The predicted molar refractivity (Wildman–Crippen MR) is 124 cm³/mol. The Labute approximate surface area is 187 Å². The van der Waals surface area contributed by atoms with E-state index < -0.39 is 10.0 Å². The van der Waals surface area contributed by atoms with Crippen molar-refractivity contribution in [1.29, 1.82) is 0 Å². The van der Waals surface area contributed by atoms with Gasteiger partial charge in [-0.05, 0) is 51.0 Å². The van der Waals surface area contributed by atoms with Crippen LogP contribution in [0.3, 0.4) is 0 Å². The summed E-state index contributed by atoms with van der Waals surface area (Å²) < 4.78 is 27.5. The van der Waals surface area contributed by atoms with Gasteiger partial charge in [0.15, 0.2) is 5.13 Å². The molecule has 0 radical (unpaired) electrons. The highest BCUT2D eigenvalue weighted by molar-refractivity contribution is 7.89. The van der Waals surface area contributed by atoms with Gasteiger partial charge in [-0.25, -0.2) is 13.4 Å². The Bertz CT molecular complexity index is 1170. The molecule has 0 bridgehead atoms. The average molecular weight is 456 g/mol. The summed E-state index contributed by atoms with van der Waals surface area (Å²) >= 11 is 1.41. The molecule has 1 saturated heterocycles. The lowest BCUT2D eigenvalue weighted by Gasteiger charge is -2.32. The van der Waals surface area contributed by atoms with Gasteiger partial charge in [0.1, 0.15) is 0 Å². The number of anilines is 1. The number of rotatable bonds is 5. The number of piperidine rings is 1. The van der Waals surface area contributed by atoms with Gasteiger partial charge in [0.2, 0.25) is 10.0 Å². The number of nitrogens with zero attached hydrogens (tertiary/aromatic N) is 2. The number of aryl methyl sites for hydroxylation is 1. The fraction of sp³-hybridized carbons (Fsp3) is 0.304. The Morgan fingerprint density at radius 1 is 1.10 bits per heavy atom. The Kier molecular flexibility index (Phi) is 6.22. The molecule has 8 heteroatoms. The highest BCUT2D eigenvalue weighted by Crippen LogP contribution is 2.30. The number of hydrogen-bond donors (Lipinski definition) is 1. The normalized spacial score (nSPS) is 17.4. The summed E-state index contributed by atoms with van der Waals surface area (Å²) in [5.74, 6) is -0.316. The molecule has 2 aromatic carbocycles. The van der Waals surface area contributed by atoms with Crippen molar-refractivity contribution in [2.45, 2.75) is 44.0 Å². The van der Waals surface area contributed by atoms with Crippen LogP contribution in [-0.2, 0) is 10.0 Å². The molecule has 1 unspecified atom stereocenters. The summed E-state index contributed by atoms with van der Waals surface area (Å²) in [5, 5.41) is 3.34. The van der Waals surface area contributed by atoms with Crippen LogP contribution in [0.1, 0.15) is 41.4 Å². The second-order valence-electron chi connectivity index (χ2n) is 7.73. The third-order valence-corrected chi connectivity index (χ3v) is 8.44. The van der Waals surface area contributed by atoms with Crippen molar-refractivity contribution in [1.82, 2.24) is 9.29 Å². The van der Waals surface area contributed by atoms with E-state index in [4.69, 9.17) is 0 Å². The molecule has 2 heterocycles. The molecule has 1 fully saturated rings. The maximum atomic E-state index is 13.0. The van der Waals surface area contributed by atoms with Gasteiger partial charge in [-0.15, -0.1) is 11.3 Å². The van der Waals surface area contributed by atoms with E-state index in [9.17, 15) is 13.2 Å². The fourth-order valence-electron chi connectivity index (χ4n) is 3.83. The summed E-state index contributed by atoms with van der Waals surface area (Å²) in [6.45, 7) is 4.45. The number of sulfonamides is 1. The van der Waals surface area contributed by atoms with Gasteiger partial charge in [-0.3, -0.25) is 10.1 Å². The zero-order valence-electron chi connectivity index (χ0n) is 17.5. The van der Waals surface area contributed by atoms with Gasteiger partial charge in [0, 0.05) is 28.6 Å². The number of thiazole rings is 1. The zero-order chi connectivity index (χ0) is 22.0. The second kappa shape index (κ2) is 8.90. The minimum atomic E-state index is -3.55. The summed E-state index contributed by atoms with van der Waals surface area (Å²) in [6.07, 6.45) is 2.80. The molecule has 1 N–H and O–H groups in total. The molecule has 1 atom stereocenters. The molecule has 1 aliphatic rings. The van der Waals surface area contributed by atoms with Crippen LogP contribution in [0.5, 0.6) is 0 Å². The molecule has 4 rings (SSSR count). The quantitative estimate of drug-likeness (QED) is 0.591. The summed E-state index contributed by atoms with van der Waals surface area (Å²) in [5.41, 5.74) is 2.23. The molecule has 0 spiro atoms. The molecule has 162 valence electrons. The molecule has 31 heavy (non-hydrogen) atoms. The molecule has 1 aliphatic heterocycles. The van der Waals surface area contributed by atoms with E-state index in [2.05, 4.69) is 10.3 Å². The van der Waals surface area contributed by atoms with E-state index in [0.717, 1.165) is 35.4 Å². The van der Waals surface area contributed by atoms with Crippen molar-refractivity contribution in [3.8, 4) is 11.3 Å². The average Bonchev–Trinajstić information content (AvgIpc) is 3.14. The molecule has 1 amide bonds. The number of carbonyl (C=O) groups excluding carboxylic acids is 1. The van der Waals surface area contributed by atoms with Crippen molar-refractivity contribution in [2.24, 2.45) is 0 Å². The number of carbonyl (C=O) groups is 1. The first-order chi connectivity index (χ1) is 14.9. The Morgan fingerprint density at radius 2 is 1.81 bits per heavy atom. The first-order valence-electron chi connectivity index (χ1n) is 10.3. The summed E-state index contributed by atoms with van der Waals surface area (Å²) in [7, 11) is -3.55. The fourth-order valence-corrected chi connectivity index (χ4v) is 6.36. The van der Waals surface area contributed by atoms with Gasteiger partial charge in [0.25, 0.3) is 5.91 Å². The van der Waals surface area contributed by atoms with Crippen molar-refractivity contribution in [3.63, 3.8) is 0 Å². The SMILES string of the molecule is Cc1sc(NC(=O)c2ccc(S(=O)(=O)N3CCCCC3C)cc2)nc1-c1ccccc1. The molecule has 6 nitrogen and oxygen atoms in total. The van der Waals surface area contributed by atoms with E-state index in [1.165, 1.54) is 23.5 Å². The third kappa shape index (κ3) is 4.56. The van der Waals surface area contributed by atoms with Crippen LogP contribution in [0.25, 0.3) is 11.3 Å². The molecule has 0 aliphatic carbocycles. The van der Waals surface area contributed by atoms with Crippen LogP contribution in [0.15, 0.2) is 59.5 Å². The highest BCUT2D eigenvalue weighted by Gasteiger charge is 2.31. The van der Waals surface area contributed by atoms with Crippen molar-refractivity contribution in [2.75, 3.05) is 11.9 Å². The Morgan fingerprint density at radius 3 is 2.48 bits per heavy atom. The minimum Gasteiger partial charge on any atom is -0.298 e. The van der Waals surface area contributed by atoms with E-state index in [-0.39, 0.29) is 16.8 Å². The molecule has 3 aromatic rings. The van der Waals surface area contributed by atoms with Gasteiger partial charge in [-0.2, -0.15) is 4.31 Å². The standard InChI is InChI=1S/C23H25N3O3S2/c1-16-8-6-7-15-26(16)31(28,29)20-13-11-19(12-14-20)22(27)25-23-24-21(17(2)30-23)18-9-4-3-5-10-18/h3-5,9-14,16H,6-8,15H2,1-2H3,(H,24,25,27). The van der Waals surface area contributed by atoms with Gasteiger partial charge in [0.05, 0.1) is 10.6 Å². The van der Waals surface area contributed by atoms with Crippen molar-refractivity contribution >= 4 is 32.4 Å². The lowest BCUT2D eigenvalue weighted by molar-refractivity contribution is 0.102. The monoisotopic (exact) mass is 455 g/mol. The lowest BCUT2D eigenvalue weighted by atomic mass is 10.1. The largest absolute Gasteiger partial charge is 0.298 e. The number of aromatic nitrogens is 1. The number of amides is 1. The number of benzene rings is 2. The molecule has 1 aromatic heterocycles. The topological polar surface area (TPSA) is 79.4 Å². The van der Waals surface area contributed by atoms with Gasteiger partial charge >= 0.3 is 0 Å². The smallest absolute Gasteiger partial charge is 0.257 e. The van der Waals surface area contributed by atoms with Crippen LogP contribution < -0.4 is 5.32 Å². The van der Waals surface area contributed by atoms with Crippen molar-refractivity contribution < 1.29 is 13.2 Å². The lowest BCUT2D eigenvalue weighted by Crippen LogP contribution is -2.41. The maximum Gasteiger partial charge on any atom is 0.257 e. The first kappa shape index (κ1) is 21.7. The van der Waals surface area contributed by atoms with E-state index >= 15 is 0 Å². The Balaban J connectivity index is 1.49. The summed E-state index contributed by atoms with van der Waals surface area (Å²) in [4.78, 5) is 18.5. The van der Waals surface area contributed by atoms with Gasteiger partial charge < -0.3 is 0 Å². The van der Waals surface area contributed by atoms with Crippen LogP contribution in [0.4, 0.5) is 5.13 Å². The number of nitrogens with one attached hydrogen (secondary N) is 1. The summed E-state index contributed by atoms with van der Waals surface area (Å²) in [6, 6.07) is 15.9. The zero-order valence-corrected chi connectivity index (χ0v) is 19.2. The van der Waals surface area contributed by atoms with Crippen LogP contribution >= 0.6 is 11.3 Å². The van der Waals surface area contributed by atoms with Crippen LogP contribution in [0, 0.1) is 6.92 Å². The minimum absolute atomic E-state index is 0.00585. The van der Waals surface area contributed by atoms with Gasteiger partial charge in [-0.1, -0.05) is 36.8 Å². The van der Waals surface area contributed by atoms with E-state index in [0.29, 0.717) is 17.2 Å². The van der Waals surface area contributed by atoms with Crippen molar-refractivity contribution in [3.05, 3.63) is 65.0 Å². The second-order valence-corrected chi connectivity index (χ2v) is 10.8. The number of hydrogen-bond acceptors (Lipinski definition) is 5.